The van der Waals surface area contributed by atoms with Crippen molar-refractivity contribution in [1.82, 2.24) is 0 Å². The molecule has 0 aliphatic heterocycles. The fraction of sp³-hybridized carbons (Fsp3) is 0.222. The highest BCUT2D eigenvalue weighted by atomic mass is 15.1. The zero-order valence-electron chi connectivity index (χ0n) is 43.5. The Bertz CT molecular complexity index is 3290. The van der Waals surface area contributed by atoms with E-state index in [0.29, 0.717) is 0 Å². The van der Waals surface area contributed by atoms with Gasteiger partial charge in [-0.3, -0.25) is 0 Å². The number of benzene rings is 9. The molecule has 4 fully saturated rings. The third-order valence-corrected chi connectivity index (χ3v) is 17.3. The van der Waals surface area contributed by atoms with E-state index in [9.17, 15) is 0 Å². The molecule has 366 valence electrons. The Kier molecular flexibility index (Phi) is 12.8. The van der Waals surface area contributed by atoms with Crippen LogP contribution in [0, 0.1) is 25.7 Å². The topological polar surface area (TPSA) is 6.48 Å². The SMILES string of the molecule is C=Cc1ccc(C23CC4CC(C2)CC(c2ccc(N(c5ccc(CCCC)cc5)c5ccc(-c6ccc(N(c7ccc(-c8ccccc8)cc7)c7ccc(-c8ccccc8)cc7)cc6C)c(C)c5)cc2)(C4)C3)cc1. The molecular weight excluding hydrogens is 893 g/mol. The molecule has 2 nitrogen and oxygen atoms in total. The quantitative estimate of drug-likeness (QED) is 0.101. The van der Waals surface area contributed by atoms with E-state index in [1.54, 1.807) is 5.56 Å². The van der Waals surface area contributed by atoms with Crippen molar-refractivity contribution in [2.75, 3.05) is 9.80 Å². The van der Waals surface area contributed by atoms with E-state index < -0.39 is 0 Å². The zero-order chi connectivity index (χ0) is 50.2. The van der Waals surface area contributed by atoms with Crippen molar-refractivity contribution in [3.8, 4) is 33.4 Å². The van der Waals surface area contributed by atoms with Crippen LogP contribution in [0.5, 0.6) is 0 Å². The molecule has 0 aromatic heterocycles. The van der Waals surface area contributed by atoms with Crippen LogP contribution in [-0.4, -0.2) is 0 Å². The minimum atomic E-state index is 0.230. The molecule has 0 amide bonds. The molecule has 2 unspecified atom stereocenters. The van der Waals surface area contributed by atoms with Gasteiger partial charge in [-0.05, 0) is 227 Å². The number of anilines is 6. The molecule has 0 N–H and O–H groups in total. The third kappa shape index (κ3) is 9.10. The average molecular weight is 961 g/mol. The molecule has 4 aliphatic carbocycles. The predicted molar refractivity (Wildman–Crippen MR) is 315 cm³/mol. The fourth-order valence-electron chi connectivity index (χ4n) is 14.0. The van der Waals surface area contributed by atoms with Gasteiger partial charge in [0.05, 0.1) is 0 Å². The summed E-state index contributed by atoms with van der Waals surface area (Å²) in [7, 11) is 0. The van der Waals surface area contributed by atoms with Gasteiger partial charge in [-0.15, -0.1) is 0 Å². The van der Waals surface area contributed by atoms with Gasteiger partial charge in [0, 0.05) is 34.1 Å². The zero-order valence-corrected chi connectivity index (χ0v) is 43.5. The molecule has 2 atom stereocenters. The number of rotatable bonds is 15. The highest BCUT2D eigenvalue weighted by Gasteiger charge is 2.58. The first kappa shape index (κ1) is 47.3. The van der Waals surface area contributed by atoms with Crippen LogP contribution in [0.3, 0.4) is 0 Å². The first-order valence-corrected chi connectivity index (χ1v) is 27.3. The molecule has 4 bridgehead atoms. The van der Waals surface area contributed by atoms with Crippen molar-refractivity contribution in [1.29, 1.82) is 0 Å². The predicted octanol–water partition coefficient (Wildman–Crippen LogP) is 20.0. The summed E-state index contributed by atoms with van der Waals surface area (Å²) < 4.78 is 0. The van der Waals surface area contributed by atoms with Crippen LogP contribution in [0.25, 0.3) is 39.5 Å². The molecule has 9 aromatic rings. The lowest BCUT2D eigenvalue weighted by atomic mass is 9.42. The first-order chi connectivity index (χ1) is 36.3. The average Bonchev–Trinajstić information content (AvgIpc) is 3.44. The highest BCUT2D eigenvalue weighted by Crippen LogP contribution is 2.66. The van der Waals surface area contributed by atoms with Gasteiger partial charge in [0.25, 0.3) is 0 Å². The smallest absolute Gasteiger partial charge is 0.0464 e. The van der Waals surface area contributed by atoms with Gasteiger partial charge in [0.1, 0.15) is 0 Å². The Morgan fingerprint density at radius 3 is 1.23 bits per heavy atom. The molecule has 0 heterocycles. The van der Waals surface area contributed by atoms with Crippen LogP contribution in [0.2, 0.25) is 0 Å². The summed E-state index contributed by atoms with van der Waals surface area (Å²) in [5, 5.41) is 0. The maximum Gasteiger partial charge on any atom is 0.0464 e. The molecule has 0 spiro atoms. The van der Waals surface area contributed by atoms with Gasteiger partial charge in [0.2, 0.25) is 0 Å². The number of unbranched alkanes of at least 4 members (excludes halogenated alkanes) is 1. The summed E-state index contributed by atoms with van der Waals surface area (Å²) in [6.07, 6.45) is 13.5. The molecular formula is C72H68N2. The largest absolute Gasteiger partial charge is 0.310 e. The van der Waals surface area contributed by atoms with E-state index in [0.717, 1.165) is 35.3 Å². The van der Waals surface area contributed by atoms with E-state index in [4.69, 9.17) is 0 Å². The molecule has 0 saturated heterocycles. The highest BCUT2D eigenvalue weighted by molar-refractivity contribution is 5.84. The molecule has 74 heavy (non-hydrogen) atoms. The Morgan fingerprint density at radius 1 is 0.446 bits per heavy atom. The minimum Gasteiger partial charge on any atom is -0.310 e. The second-order valence-electron chi connectivity index (χ2n) is 22.2. The second-order valence-corrected chi connectivity index (χ2v) is 22.2. The summed E-state index contributed by atoms with van der Waals surface area (Å²) in [5.74, 6) is 1.60. The number of nitrogens with zero attached hydrogens (tertiary/aromatic N) is 2. The summed E-state index contributed by atoms with van der Waals surface area (Å²) in [4.78, 5) is 4.86. The summed E-state index contributed by atoms with van der Waals surface area (Å²) in [5.41, 5.74) is 23.0. The number of hydrogen-bond acceptors (Lipinski definition) is 2. The second kappa shape index (κ2) is 20.0. The van der Waals surface area contributed by atoms with E-state index in [1.807, 2.05) is 6.08 Å². The van der Waals surface area contributed by atoms with Gasteiger partial charge >= 0.3 is 0 Å². The monoisotopic (exact) mass is 961 g/mol. The number of hydrogen-bond donors (Lipinski definition) is 0. The van der Waals surface area contributed by atoms with Crippen molar-refractivity contribution in [2.24, 2.45) is 11.8 Å². The fourth-order valence-corrected chi connectivity index (χ4v) is 14.0. The maximum absolute atomic E-state index is 4.03. The maximum atomic E-state index is 4.03. The number of aryl methyl sites for hydroxylation is 3. The third-order valence-electron chi connectivity index (χ3n) is 17.3. The summed E-state index contributed by atoms with van der Waals surface area (Å²) in [6, 6.07) is 81.9. The van der Waals surface area contributed by atoms with Crippen LogP contribution < -0.4 is 9.80 Å². The lowest BCUT2D eigenvalue weighted by molar-refractivity contribution is -0.0281. The van der Waals surface area contributed by atoms with Gasteiger partial charge in [-0.25, -0.2) is 0 Å². The Morgan fingerprint density at radius 2 is 0.824 bits per heavy atom. The standard InChI is InChI=1S/C72H68N2/c1-5-7-14-54-21-31-63(32-22-54)73(66-37-29-62(30-38-66)72-48-55-45-56(49-72)47-71(46-55,50-72)61-27-19-53(6-2)20-28-61)67-39-41-69(51(3)43-67)70-42-40-68(44-52(70)4)74(64-33-23-59(24-34-64)57-15-10-8-11-16-57)65-35-25-60(26-36-65)58-17-12-9-13-18-58/h6,8-13,15-44,55-56H,2,5,7,14,45-50H2,1,3-4H3. The normalized spacial score (nSPS) is 19.6. The first-order valence-electron chi connectivity index (χ1n) is 27.3. The lowest BCUT2D eigenvalue weighted by Gasteiger charge is -2.63. The van der Waals surface area contributed by atoms with Crippen molar-refractivity contribution in [3.63, 3.8) is 0 Å². The Hall–Kier alpha value is -7.68. The summed E-state index contributed by atoms with van der Waals surface area (Å²) >= 11 is 0. The van der Waals surface area contributed by atoms with Crippen LogP contribution in [0.1, 0.15) is 91.7 Å². The van der Waals surface area contributed by atoms with Crippen molar-refractivity contribution >= 4 is 40.2 Å². The molecule has 2 heteroatoms. The molecule has 0 radical (unpaired) electrons. The lowest BCUT2D eigenvalue weighted by Crippen LogP contribution is -2.55. The minimum absolute atomic E-state index is 0.230. The Labute approximate surface area is 440 Å². The van der Waals surface area contributed by atoms with Crippen LogP contribution >= 0.6 is 0 Å². The molecule has 13 rings (SSSR count). The van der Waals surface area contributed by atoms with Crippen molar-refractivity contribution in [2.45, 2.75) is 89.4 Å². The summed E-state index contributed by atoms with van der Waals surface area (Å²) in [6.45, 7) is 10.9. The molecule has 9 aromatic carbocycles. The van der Waals surface area contributed by atoms with Gasteiger partial charge in [-0.1, -0.05) is 172 Å². The van der Waals surface area contributed by atoms with E-state index in [2.05, 4.69) is 256 Å². The van der Waals surface area contributed by atoms with Gasteiger partial charge < -0.3 is 9.80 Å². The van der Waals surface area contributed by atoms with Crippen molar-refractivity contribution < 1.29 is 0 Å². The van der Waals surface area contributed by atoms with E-state index in [-0.39, 0.29) is 10.8 Å². The Balaban J connectivity index is 0.866. The van der Waals surface area contributed by atoms with E-state index >= 15 is 0 Å². The molecule has 4 saturated carbocycles. The van der Waals surface area contributed by atoms with Gasteiger partial charge in [-0.2, -0.15) is 0 Å². The van der Waals surface area contributed by atoms with Gasteiger partial charge in [0.15, 0.2) is 0 Å². The van der Waals surface area contributed by atoms with Crippen LogP contribution in [-0.2, 0) is 17.3 Å². The van der Waals surface area contributed by atoms with E-state index in [1.165, 1.54) is 130 Å². The molecule has 4 aliphatic rings. The van der Waals surface area contributed by atoms with Crippen LogP contribution in [0.4, 0.5) is 34.1 Å². The van der Waals surface area contributed by atoms with Crippen molar-refractivity contribution in [3.05, 3.63) is 258 Å². The van der Waals surface area contributed by atoms with Crippen LogP contribution in [0.15, 0.2) is 225 Å².